The second kappa shape index (κ2) is 4.87. The Morgan fingerprint density at radius 1 is 1.33 bits per heavy atom. The Balaban J connectivity index is 2.13. The lowest BCUT2D eigenvalue weighted by Crippen LogP contribution is -2.36. The first-order chi connectivity index (χ1) is 8.38. The van der Waals surface area contributed by atoms with E-state index >= 15 is 0 Å². The molecule has 5 nitrogen and oxygen atoms in total. The van der Waals surface area contributed by atoms with Crippen LogP contribution in [0.4, 0.5) is 0 Å². The van der Waals surface area contributed by atoms with E-state index in [0.29, 0.717) is 11.6 Å². The molecule has 1 aromatic rings. The van der Waals surface area contributed by atoms with Crippen LogP contribution in [0, 0.1) is 0 Å². The van der Waals surface area contributed by atoms with E-state index < -0.39 is 10.0 Å². The first kappa shape index (κ1) is 13.3. The number of hydrogen-bond donors (Lipinski definition) is 1. The summed E-state index contributed by atoms with van der Waals surface area (Å²) >= 11 is 5.70. The van der Waals surface area contributed by atoms with Gasteiger partial charge in [0.25, 0.3) is 0 Å². The lowest BCUT2D eigenvalue weighted by Gasteiger charge is -2.12. The minimum atomic E-state index is -3.59. The Bertz CT molecular complexity index is 556. The lowest BCUT2D eigenvalue weighted by molar-refractivity contribution is -0.126. The van der Waals surface area contributed by atoms with Crippen LogP contribution in [-0.4, -0.2) is 38.9 Å². The van der Waals surface area contributed by atoms with E-state index in [2.05, 4.69) is 4.72 Å². The summed E-state index contributed by atoms with van der Waals surface area (Å²) in [6.07, 6.45) is 0.198. The van der Waals surface area contributed by atoms with Gasteiger partial charge in [-0.15, -0.1) is 0 Å². The van der Waals surface area contributed by atoms with Crippen molar-refractivity contribution in [3.63, 3.8) is 0 Å². The van der Waals surface area contributed by atoms with E-state index in [9.17, 15) is 13.2 Å². The zero-order valence-corrected chi connectivity index (χ0v) is 11.3. The van der Waals surface area contributed by atoms with Crippen LogP contribution in [0.3, 0.4) is 0 Å². The van der Waals surface area contributed by atoms with Crippen LogP contribution in [0.5, 0.6) is 0 Å². The van der Waals surface area contributed by atoms with E-state index in [4.69, 9.17) is 11.6 Å². The molecule has 1 heterocycles. The molecule has 0 aromatic heterocycles. The standard InChI is InChI=1S/C11H13ClN2O3S/c1-14-7-9(6-11(14)15)13-18(16,17)10-4-2-8(12)3-5-10/h2-5,9,13H,6-7H2,1H3. The van der Waals surface area contributed by atoms with E-state index in [-0.39, 0.29) is 23.3 Å². The van der Waals surface area contributed by atoms with Crippen molar-refractivity contribution in [1.82, 2.24) is 9.62 Å². The van der Waals surface area contributed by atoms with Gasteiger partial charge in [0.15, 0.2) is 0 Å². The minimum absolute atomic E-state index is 0.0567. The first-order valence-electron chi connectivity index (χ1n) is 5.40. The molecule has 0 bridgehead atoms. The van der Waals surface area contributed by atoms with Crippen molar-refractivity contribution in [2.24, 2.45) is 0 Å². The molecule has 0 spiro atoms. The van der Waals surface area contributed by atoms with Gasteiger partial charge in [0.2, 0.25) is 15.9 Å². The van der Waals surface area contributed by atoms with Crippen LogP contribution in [0.2, 0.25) is 5.02 Å². The number of likely N-dealkylation sites (N-methyl/N-ethyl adjacent to an activating group) is 1. The third kappa shape index (κ3) is 2.82. The average molecular weight is 289 g/mol. The number of amides is 1. The monoisotopic (exact) mass is 288 g/mol. The number of halogens is 1. The molecule has 1 unspecified atom stereocenters. The number of likely N-dealkylation sites (tertiary alicyclic amines) is 1. The molecule has 2 rings (SSSR count). The van der Waals surface area contributed by atoms with Gasteiger partial charge in [0.1, 0.15) is 0 Å². The fourth-order valence-corrected chi connectivity index (χ4v) is 3.20. The van der Waals surface area contributed by atoms with Gasteiger partial charge < -0.3 is 4.90 Å². The second-order valence-corrected chi connectivity index (χ2v) is 6.40. The second-order valence-electron chi connectivity index (χ2n) is 4.25. The van der Waals surface area contributed by atoms with E-state index in [1.807, 2.05) is 0 Å². The Hall–Kier alpha value is -1.11. The van der Waals surface area contributed by atoms with Crippen molar-refractivity contribution in [2.45, 2.75) is 17.4 Å². The zero-order valence-electron chi connectivity index (χ0n) is 9.76. The van der Waals surface area contributed by atoms with Crippen LogP contribution in [0.15, 0.2) is 29.2 Å². The summed E-state index contributed by atoms with van der Waals surface area (Å²) in [5.74, 6) is -0.0567. The Labute approximate surface area is 111 Å². The molecule has 7 heteroatoms. The number of rotatable bonds is 3. The molecule has 1 N–H and O–H groups in total. The van der Waals surface area contributed by atoms with Gasteiger partial charge in [0.05, 0.1) is 4.90 Å². The maximum atomic E-state index is 12.0. The Morgan fingerprint density at radius 2 is 1.94 bits per heavy atom. The number of sulfonamides is 1. The van der Waals surface area contributed by atoms with Gasteiger partial charge in [0, 0.05) is 31.1 Å². The average Bonchev–Trinajstić information content (AvgIpc) is 2.57. The van der Waals surface area contributed by atoms with Crippen molar-refractivity contribution < 1.29 is 13.2 Å². The number of carbonyl (C=O) groups is 1. The number of nitrogens with one attached hydrogen (secondary N) is 1. The van der Waals surface area contributed by atoms with E-state index in [1.165, 1.54) is 29.2 Å². The summed E-state index contributed by atoms with van der Waals surface area (Å²) in [7, 11) is -1.94. The number of nitrogens with zero attached hydrogens (tertiary/aromatic N) is 1. The summed E-state index contributed by atoms with van der Waals surface area (Å²) in [5, 5.41) is 0.477. The van der Waals surface area contributed by atoms with Gasteiger partial charge >= 0.3 is 0 Å². The van der Waals surface area contributed by atoms with Crippen LogP contribution in [-0.2, 0) is 14.8 Å². The van der Waals surface area contributed by atoms with Gasteiger partial charge in [-0.25, -0.2) is 13.1 Å². The van der Waals surface area contributed by atoms with Crippen molar-refractivity contribution in [1.29, 1.82) is 0 Å². The summed E-state index contributed by atoms with van der Waals surface area (Å²) in [4.78, 5) is 13.0. The van der Waals surface area contributed by atoms with Crippen molar-refractivity contribution in [3.8, 4) is 0 Å². The molecule has 1 atom stereocenters. The molecule has 18 heavy (non-hydrogen) atoms. The molecule has 1 saturated heterocycles. The molecule has 1 amide bonds. The van der Waals surface area contributed by atoms with Gasteiger partial charge in [-0.2, -0.15) is 0 Å². The largest absolute Gasteiger partial charge is 0.344 e. The van der Waals surface area contributed by atoms with Crippen LogP contribution in [0.25, 0.3) is 0 Å². The highest BCUT2D eigenvalue weighted by atomic mass is 35.5. The minimum Gasteiger partial charge on any atom is -0.344 e. The highest BCUT2D eigenvalue weighted by Gasteiger charge is 2.30. The fourth-order valence-electron chi connectivity index (χ4n) is 1.84. The molecule has 0 saturated carbocycles. The fraction of sp³-hybridized carbons (Fsp3) is 0.364. The smallest absolute Gasteiger partial charge is 0.240 e. The highest BCUT2D eigenvalue weighted by molar-refractivity contribution is 7.89. The zero-order chi connectivity index (χ0) is 13.3. The molecular formula is C11H13ClN2O3S. The predicted octanol–water partition coefficient (Wildman–Crippen LogP) is 0.849. The molecule has 98 valence electrons. The molecule has 0 radical (unpaired) electrons. The normalized spacial score (nSPS) is 20.4. The van der Waals surface area contributed by atoms with Crippen LogP contribution >= 0.6 is 11.6 Å². The van der Waals surface area contributed by atoms with Crippen molar-refractivity contribution >= 4 is 27.5 Å². The Morgan fingerprint density at radius 3 is 2.44 bits per heavy atom. The number of hydrogen-bond acceptors (Lipinski definition) is 3. The summed E-state index contributed by atoms with van der Waals surface area (Å²) in [5.41, 5.74) is 0. The molecular weight excluding hydrogens is 276 g/mol. The van der Waals surface area contributed by atoms with Gasteiger partial charge in [-0.1, -0.05) is 11.6 Å². The van der Waals surface area contributed by atoms with Gasteiger partial charge in [-0.3, -0.25) is 4.79 Å². The van der Waals surface area contributed by atoms with Crippen molar-refractivity contribution in [2.75, 3.05) is 13.6 Å². The predicted molar refractivity (Wildman–Crippen MR) is 67.8 cm³/mol. The molecule has 0 aliphatic carbocycles. The van der Waals surface area contributed by atoms with Crippen LogP contribution in [0.1, 0.15) is 6.42 Å². The summed E-state index contributed by atoms with van der Waals surface area (Å²) in [6.45, 7) is 0.394. The maximum absolute atomic E-state index is 12.0. The highest BCUT2D eigenvalue weighted by Crippen LogP contribution is 2.16. The first-order valence-corrected chi connectivity index (χ1v) is 7.26. The van der Waals surface area contributed by atoms with Crippen LogP contribution < -0.4 is 4.72 Å². The molecule has 1 aromatic carbocycles. The van der Waals surface area contributed by atoms with E-state index in [1.54, 1.807) is 7.05 Å². The summed E-state index contributed by atoms with van der Waals surface area (Å²) < 4.78 is 26.6. The van der Waals surface area contributed by atoms with Crippen molar-refractivity contribution in [3.05, 3.63) is 29.3 Å². The number of benzene rings is 1. The Kier molecular flexibility index (Phi) is 3.61. The topological polar surface area (TPSA) is 66.5 Å². The SMILES string of the molecule is CN1CC(NS(=O)(=O)c2ccc(Cl)cc2)CC1=O. The third-order valence-corrected chi connectivity index (χ3v) is 4.58. The molecule has 1 aliphatic heterocycles. The molecule has 1 fully saturated rings. The lowest BCUT2D eigenvalue weighted by atomic mass is 10.3. The number of carbonyl (C=O) groups excluding carboxylic acids is 1. The summed E-state index contributed by atoms with van der Waals surface area (Å²) in [6, 6.07) is 5.53. The van der Waals surface area contributed by atoms with Gasteiger partial charge in [-0.05, 0) is 24.3 Å². The van der Waals surface area contributed by atoms with E-state index in [0.717, 1.165) is 0 Å². The maximum Gasteiger partial charge on any atom is 0.240 e. The third-order valence-electron chi connectivity index (χ3n) is 2.79. The quantitative estimate of drug-likeness (QED) is 0.897. The molecule has 1 aliphatic rings.